The first-order valence-corrected chi connectivity index (χ1v) is 8.52. The molecule has 128 valence electrons. The lowest BCUT2D eigenvalue weighted by Gasteiger charge is -2.08. The van der Waals surface area contributed by atoms with Crippen molar-refractivity contribution in [2.45, 2.75) is 12.3 Å². The van der Waals surface area contributed by atoms with Gasteiger partial charge in [-0.05, 0) is 47.1 Å². The summed E-state index contributed by atoms with van der Waals surface area (Å²) < 4.78 is 16.9. The first kappa shape index (κ1) is 17.5. The largest absolute Gasteiger partial charge is 0.460 e. The number of hydrogen-bond acceptors (Lipinski definition) is 5. The number of para-hydroxylation sites is 1. The van der Waals surface area contributed by atoms with Crippen molar-refractivity contribution in [2.75, 3.05) is 0 Å². The maximum atomic E-state index is 12.6. The van der Waals surface area contributed by atoms with Gasteiger partial charge in [-0.2, -0.15) is 0 Å². The standard InChI is InChI=1S/C18H12BrClO5/c1-10(20)18(22)24-11-6-7-12-15(8-11)23-9-16(17(12)21)25-14-5-3-2-4-13(14)19/h2-10H,1H3. The minimum absolute atomic E-state index is 0.0542. The maximum Gasteiger partial charge on any atom is 0.329 e. The van der Waals surface area contributed by atoms with Crippen molar-refractivity contribution >= 4 is 44.5 Å². The summed E-state index contributed by atoms with van der Waals surface area (Å²) in [7, 11) is 0. The molecule has 0 aliphatic heterocycles. The van der Waals surface area contributed by atoms with Gasteiger partial charge in [0.1, 0.15) is 28.7 Å². The van der Waals surface area contributed by atoms with E-state index in [2.05, 4.69) is 15.9 Å². The fraction of sp³-hybridized carbons (Fsp3) is 0.111. The van der Waals surface area contributed by atoms with Gasteiger partial charge in [0.05, 0.1) is 9.86 Å². The molecule has 1 unspecified atom stereocenters. The Morgan fingerprint density at radius 3 is 2.68 bits per heavy atom. The first-order chi connectivity index (χ1) is 12.0. The van der Waals surface area contributed by atoms with Crippen molar-refractivity contribution in [3.05, 3.63) is 63.4 Å². The molecule has 0 spiro atoms. The van der Waals surface area contributed by atoms with Crippen LogP contribution in [0.2, 0.25) is 0 Å². The smallest absolute Gasteiger partial charge is 0.329 e. The summed E-state index contributed by atoms with van der Waals surface area (Å²) in [5.41, 5.74) is -0.0578. The Bertz CT molecular complexity index is 996. The third-order valence-electron chi connectivity index (χ3n) is 3.31. The van der Waals surface area contributed by atoms with Gasteiger partial charge in [-0.15, -0.1) is 11.6 Å². The highest BCUT2D eigenvalue weighted by Crippen LogP contribution is 2.29. The van der Waals surface area contributed by atoms with Crippen LogP contribution >= 0.6 is 27.5 Å². The van der Waals surface area contributed by atoms with Gasteiger partial charge in [0.25, 0.3) is 0 Å². The van der Waals surface area contributed by atoms with E-state index in [0.29, 0.717) is 15.6 Å². The van der Waals surface area contributed by atoms with Crippen molar-refractivity contribution < 1.29 is 18.7 Å². The summed E-state index contributed by atoms with van der Waals surface area (Å²) in [5, 5.41) is -0.467. The average molecular weight is 424 g/mol. The molecule has 0 fully saturated rings. The Kier molecular flexibility index (Phi) is 5.11. The maximum absolute atomic E-state index is 12.6. The van der Waals surface area contributed by atoms with E-state index < -0.39 is 11.3 Å². The monoisotopic (exact) mass is 422 g/mol. The molecule has 0 amide bonds. The van der Waals surface area contributed by atoms with Gasteiger partial charge in [0, 0.05) is 6.07 Å². The molecule has 0 aliphatic rings. The van der Waals surface area contributed by atoms with Crippen LogP contribution in [0.1, 0.15) is 6.92 Å². The number of fused-ring (bicyclic) bond motifs is 1. The number of alkyl halides is 1. The first-order valence-electron chi connectivity index (χ1n) is 7.29. The summed E-state index contributed by atoms with van der Waals surface area (Å²) in [4.78, 5) is 24.1. The van der Waals surface area contributed by atoms with Crippen molar-refractivity contribution in [3.63, 3.8) is 0 Å². The molecular formula is C18H12BrClO5. The van der Waals surface area contributed by atoms with Gasteiger partial charge in [-0.3, -0.25) is 9.59 Å². The molecule has 0 saturated heterocycles. The SMILES string of the molecule is CC(Cl)C(=O)Oc1ccc2c(=O)c(Oc3ccccc3Br)coc2c1. The van der Waals surface area contributed by atoms with Crippen LogP contribution in [-0.2, 0) is 4.79 Å². The Hall–Kier alpha value is -2.31. The van der Waals surface area contributed by atoms with E-state index in [4.69, 9.17) is 25.5 Å². The summed E-state index contributed by atoms with van der Waals surface area (Å²) in [6, 6.07) is 11.6. The fourth-order valence-electron chi connectivity index (χ4n) is 2.07. The molecule has 0 N–H and O–H groups in total. The lowest BCUT2D eigenvalue weighted by molar-refractivity contribution is -0.133. The summed E-state index contributed by atoms with van der Waals surface area (Å²) >= 11 is 9.02. The second-order valence-electron chi connectivity index (χ2n) is 5.16. The van der Waals surface area contributed by atoms with Crippen LogP contribution in [0.5, 0.6) is 17.2 Å². The topological polar surface area (TPSA) is 65.7 Å². The van der Waals surface area contributed by atoms with Crippen molar-refractivity contribution in [2.24, 2.45) is 0 Å². The van der Waals surface area contributed by atoms with E-state index in [1.165, 1.54) is 31.4 Å². The third kappa shape index (κ3) is 3.86. The lowest BCUT2D eigenvalue weighted by atomic mass is 10.2. The van der Waals surface area contributed by atoms with Crippen LogP contribution in [0.15, 0.2) is 62.4 Å². The number of halogens is 2. The molecule has 5 nitrogen and oxygen atoms in total. The van der Waals surface area contributed by atoms with Gasteiger partial charge in [-0.25, -0.2) is 0 Å². The van der Waals surface area contributed by atoms with Crippen LogP contribution in [0, 0.1) is 0 Å². The molecule has 3 rings (SSSR count). The number of esters is 1. The molecule has 0 saturated carbocycles. The van der Waals surface area contributed by atoms with Crippen molar-refractivity contribution in [1.82, 2.24) is 0 Å². The summed E-state index contributed by atoms with van der Waals surface area (Å²) in [5.74, 6) is 0.208. The molecular weight excluding hydrogens is 412 g/mol. The summed E-state index contributed by atoms with van der Waals surface area (Å²) in [6.07, 6.45) is 1.22. The highest BCUT2D eigenvalue weighted by molar-refractivity contribution is 9.10. The second-order valence-corrected chi connectivity index (χ2v) is 6.67. The highest BCUT2D eigenvalue weighted by Gasteiger charge is 2.15. The lowest BCUT2D eigenvalue weighted by Crippen LogP contribution is -2.17. The summed E-state index contributed by atoms with van der Waals surface area (Å²) in [6.45, 7) is 1.51. The van der Waals surface area contributed by atoms with Gasteiger partial charge in [0.15, 0.2) is 0 Å². The van der Waals surface area contributed by atoms with E-state index in [9.17, 15) is 9.59 Å². The van der Waals surface area contributed by atoms with Gasteiger partial charge in [0.2, 0.25) is 11.2 Å². The minimum atomic E-state index is -0.775. The molecule has 1 aromatic heterocycles. The van der Waals surface area contributed by atoms with Crippen LogP contribution in [0.4, 0.5) is 0 Å². The van der Waals surface area contributed by atoms with Crippen LogP contribution in [-0.4, -0.2) is 11.3 Å². The fourth-order valence-corrected chi connectivity index (χ4v) is 2.48. The minimum Gasteiger partial charge on any atom is -0.460 e. The van der Waals surface area contributed by atoms with Crippen molar-refractivity contribution in [3.8, 4) is 17.2 Å². The van der Waals surface area contributed by atoms with Crippen LogP contribution in [0.25, 0.3) is 11.0 Å². The van der Waals surface area contributed by atoms with E-state index in [0.717, 1.165) is 0 Å². The van der Waals surface area contributed by atoms with E-state index in [1.54, 1.807) is 18.2 Å². The molecule has 0 aliphatic carbocycles. The Morgan fingerprint density at radius 2 is 1.96 bits per heavy atom. The molecule has 1 heterocycles. The van der Waals surface area contributed by atoms with Crippen molar-refractivity contribution in [1.29, 1.82) is 0 Å². The molecule has 0 bridgehead atoms. The van der Waals surface area contributed by atoms with Crippen LogP contribution < -0.4 is 14.9 Å². The molecule has 1 atom stereocenters. The highest BCUT2D eigenvalue weighted by atomic mass is 79.9. The number of carbonyl (C=O) groups is 1. The molecule has 0 radical (unpaired) electrons. The Labute approximate surface area is 156 Å². The average Bonchev–Trinajstić information content (AvgIpc) is 2.59. The molecule has 3 aromatic rings. The number of ether oxygens (including phenoxy) is 2. The van der Waals surface area contributed by atoms with Gasteiger partial charge < -0.3 is 13.9 Å². The van der Waals surface area contributed by atoms with Gasteiger partial charge in [-0.1, -0.05) is 12.1 Å². The quantitative estimate of drug-likeness (QED) is 0.340. The number of hydrogen-bond donors (Lipinski definition) is 0. The number of benzene rings is 2. The van der Waals surface area contributed by atoms with Crippen LogP contribution in [0.3, 0.4) is 0 Å². The zero-order valence-corrected chi connectivity index (χ0v) is 15.3. The zero-order valence-electron chi connectivity index (χ0n) is 13.0. The Balaban J connectivity index is 1.94. The zero-order chi connectivity index (χ0) is 18.0. The van der Waals surface area contributed by atoms with E-state index in [-0.39, 0.29) is 22.5 Å². The second kappa shape index (κ2) is 7.29. The molecule has 2 aromatic carbocycles. The predicted octanol–water partition coefficient (Wildman–Crippen LogP) is 4.88. The molecule has 25 heavy (non-hydrogen) atoms. The number of carbonyl (C=O) groups excluding carboxylic acids is 1. The third-order valence-corrected chi connectivity index (χ3v) is 4.15. The van der Waals surface area contributed by atoms with E-state index in [1.807, 2.05) is 6.07 Å². The van der Waals surface area contributed by atoms with Gasteiger partial charge >= 0.3 is 5.97 Å². The number of rotatable bonds is 4. The van der Waals surface area contributed by atoms with E-state index >= 15 is 0 Å². The molecule has 7 heteroatoms. The normalized spacial score (nSPS) is 12.0. The Morgan fingerprint density at radius 1 is 1.20 bits per heavy atom. The predicted molar refractivity (Wildman–Crippen MR) is 97.7 cm³/mol.